The first-order chi connectivity index (χ1) is 10.1. The number of nitrogens with one attached hydrogen (secondary N) is 1. The minimum Gasteiger partial charge on any atom is -0.349 e. The van der Waals surface area contributed by atoms with Gasteiger partial charge in [-0.1, -0.05) is 37.3 Å². The van der Waals surface area contributed by atoms with E-state index in [2.05, 4.69) is 12.2 Å². The Bertz CT molecular complexity index is 479. The highest BCUT2D eigenvalue weighted by Crippen LogP contribution is 2.17. The molecule has 1 saturated heterocycles. The molecule has 2 rings (SSSR count). The number of benzene rings is 1. The Balaban J connectivity index is 1.80. The van der Waals surface area contributed by atoms with Crippen LogP contribution in [-0.4, -0.2) is 29.8 Å². The highest BCUT2D eigenvalue weighted by molar-refractivity contribution is 5.97. The fraction of sp³-hybridized carbons (Fsp3) is 0.529. The first-order valence-electron chi connectivity index (χ1n) is 7.68. The van der Waals surface area contributed by atoms with Crippen molar-refractivity contribution in [1.82, 2.24) is 10.2 Å². The van der Waals surface area contributed by atoms with Gasteiger partial charge in [0.15, 0.2) is 0 Å². The first kappa shape index (κ1) is 15.5. The largest absolute Gasteiger partial charge is 0.349 e. The van der Waals surface area contributed by atoms with Crippen LogP contribution in [0.1, 0.15) is 44.7 Å². The Morgan fingerprint density at radius 3 is 2.48 bits per heavy atom. The summed E-state index contributed by atoms with van der Waals surface area (Å²) >= 11 is 0. The van der Waals surface area contributed by atoms with Crippen LogP contribution >= 0.6 is 0 Å². The van der Waals surface area contributed by atoms with Gasteiger partial charge in [0.05, 0.1) is 6.04 Å². The van der Waals surface area contributed by atoms with Crippen LogP contribution in [0.5, 0.6) is 0 Å². The molecule has 1 aromatic rings. The van der Waals surface area contributed by atoms with E-state index in [1.807, 2.05) is 42.2 Å². The van der Waals surface area contributed by atoms with Crippen LogP contribution in [0.15, 0.2) is 30.3 Å². The van der Waals surface area contributed by atoms with Crippen LogP contribution in [0.25, 0.3) is 0 Å². The molecule has 2 amide bonds. The minimum absolute atomic E-state index is 0.0500. The van der Waals surface area contributed by atoms with Crippen molar-refractivity contribution in [3.05, 3.63) is 35.9 Å². The van der Waals surface area contributed by atoms with Gasteiger partial charge in [-0.3, -0.25) is 9.59 Å². The van der Waals surface area contributed by atoms with Gasteiger partial charge in [0, 0.05) is 13.1 Å². The summed E-state index contributed by atoms with van der Waals surface area (Å²) in [6.07, 6.45) is 2.02. The fourth-order valence-electron chi connectivity index (χ4n) is 2.62. The fourth-order valence-corrected chi connectivity index (χ4v) is 2.62. The Kier molecular flexibility index (Phi) is 5.37. The lowest BCUT2D eigenvalue weighted by Crippen LogP contribution is -2.40. The van der Waals surface area contributed by atoms with Crippen molar-refractivity contribution < 1.29 is 9.59 Å². The standard InChI is InChI=1S/C17H24N2O2/c1-13-8-10-19(11-9-13)17(21)12-16(20)18-14(2)15-6-4-3-5-7-15/h3-7,13-14H,8-12H2,1-2H3,(H,18,20). The van der Waals surface area contributed by atoms with Gasteiger partial charge in [-0.05, 0) is 31.2 Å². The average molecular weight is 288 g/mol. The highest BCUT2D eigenvalue weighted by Gasteiger charge is 2.22. The molecule has 0 spiro atoms. The number of likely N-dealkylation sites (tertiary alicyclic amines) is 1. The summed E-state index contributed by atoms with van der Waals surface area (Å²) in [7, 11) is 0. The molecule has 1 heterocycles. The second-order valence-electron chi connectivity index (χ2n) is 5.94. The van der Waals surface area contributed by atoms with E-state index in [0.717, 1.165) is 31.5 Å². The predicted molar refractivity (Wildman–Crippen MR) is 82.6 cm³/mol. The summed E-state index contributed by atoms with van der Waals surface area (Å²) in [6, 6.07) is 9.69. The van der Waals surface area contributed by atoms with Crippen molar-refractivity contribution in [2.45, 2.75) is 39.2 Å². The molecule has 0 radical (unpaired) electrons. The lowest BCUT2D eigenvalue weighted by molar-refractivity contribution is -0.137. The molecule has 0 aromatic heterocycles. The van der Waals surface area contributed by atoms with Crippen molar-refractivity contribution in [2.24, 2.45) is 5.92 Å². The summed E-state index contributed by atoms with van der Waals surface area (Å²) in [6.45, 7) is 5.69. The molecule has 21 heavy (non-hydrogen) atoms. The van der Waals surface area contributed by atoms with E-state index in [1.54, 1.807) is 0 Å². The topological polar surface area (TPSA) is 49.4 Å². The number of piperidine rings is 1. The number of hydrogen-bond donors (Lipinski definition) is 1. The first-order valence-corrected chi connectivity index (χ1v) is 7.68. The zero-order chi connectivity index (χ0) is 15.2. The molecular weight excluding hydrogens is 264 g/mol. The van der Waals surface area contributed by atoms with Gasteiger partial charge in [0.2, 0.25) is 11.8 Å². The summed E-state index contributed by atoms with van der Waals surface area (Å²) in [4.78, 5) is 25.9. The van der Waals surface area contributed by atoms with E-state index >= 15 is 0 Å². The molecule has 1 unspecified atom stereocenters. The van der Waals surface area contributed by atoms with Crippen molar-refractivity contribution in [1.29, 1.82) is 0 Å². The van der Waals surface area contributed by atoms with Crippen LogP contribution in [-0.2, 0) is 9.59 Å². The Hall–Kier alpha value is -1.84. The maximum absolute atomic E-state index is 12.1. The number of carbonyl (C=O) groups is 2. The third-order valence-electron chi connectivity index (χ3n) is 4.13. The van der Waals surface area contributed by atoms with Gasteiger partial charge < -0.3 is 10.2 Å². The molecule has 0 aliphatic carbocycles. The quantitative estimate of drug-likeness (QED) is 0.865. The molecule has 1 atom stereocenters. The molecule has 4 nitrogen and oxygen atoms in total. The second kappa shape index (κ2) is 7.25. The number of nitrogens with zero attached hydrogens (tertiary/aromatic N) is 1. The summed E-state index contributed by atoms with van der Waals surface area (Å²) in [5.41, 5.74) is 1.05. The smallest absolute Gasteiger partial charge is 0.232 e. The van der Waals surface area contributed by atoms with Crippen molar-refractivity contribution in [3.8, 4) is 0 Å². The molecular formula is C17H24N2O2. The van der Waals surface area contributed by atoms with Crippen molar-refractivity contribution in [2.75, 3.05) is 13.1 Å². The number of hydrogen-bond acceptors (Lipinski definition) is 2. The second-order valence-corrected chi connectivity index (χ2v) is 5.94. The van der Waals surface area contributed by atoms with E-state index in [-0.39, 0.29) is 24.3 Å². The third kappa shape index (κ3) is 4.59. The van der Waals surface area contributed by atoms with Crippen LogP contribution in [0.2, 0.25) is 0 Å². The van der Waals surface area contributed by atoms with Gasteiger partial charge in [-0.15, -0.1) is 0 Å². The van der Waals surface area contributed by atoms with E-state index in [9.17, 15) is 9.59 Å². The summed E-state index contributed by atoms with van der Waals surface area (Å²) < 4.78 is 0. The van der Waals surface area contributed by atoms with Gasteiger partial charge in [0.1, 0.15) is 6.42 Å². The normalized spacial score (nSPS) is 17.3. The Morgan fingerprint density at radius 1 is 1.24 bits per heavy atom. The third-order valence-corrected chi connectivity index (χ3v) is 4.13. The molecule has 0 saturated carbocycles. The maximum atomic E-state index is 12.1. The zero-order valence-corrected chi connectivity index (χ0v) is 12.8. The molecule has 1 aromatic carbocycles. The van der Waals surface area contributed by atoms with E-state index in [4.69, 9.17) is 0 Å². The Labute approximate surface area is 126 Å². The SMILES string of the molecule is CC1CCN(C(=O)CC(=O)NC(C)c2ccccc2)CC1. The average Bonchev–Trinajstić information content (AvgIpc) is 2.48. The van der Waals surface area contributed by atoms with E-state index in [1.165, 1.54) is 0 Å². The molecule has 1 fully saturated rings. The molecule has 4 heteroatoms. The lowest BCUT2D eigenvalue weighted by Gasteiger charge is -2.30. The number of rotatable bonds is 4. The predicted octanol–water partition coefficient (Wildman–Crippen LogP) is 2.51. The molecule has 1 aliphatic rings. The number of amides is 2. The van der Waals surface area contributed by atoms with E-state index < -0.39 is 0 Å². The Morgan fingerprint density at radius 2 is 1.86 bits per heavy atom. The lowest BCUT2D eigenvalue weighted by atomic mass is 9.99. The van der Waals surface area contributed by atoms with Crippen LogP contribution in [0.4, 0.5) is 0 Å². The highest BCUT2D eigenvalue weighted by atomic mass is 16.2. The van der Waals surface area contributed by atoms with Gasteiger partial charge >= 0.3 is 0 Å². The van der Waals surface area contributed by atoms with Crippen LogP contribution in [0.3, 0.4) is 0 Å². The van der Waals surface area contributed by atoms with Crippen molar-refractivity contribution in [3.63, 3.8) is 0 Å². The zero-order valence-electron chi connectivity index (χ0n) is 12.8. The van der Waals surface area contributed by atoms with Gasteiger partial charge in [-0.25, -0.2) is 0 Å². The molecule has 1 N–H and O–H groups in total. The molecule has 1 aliphatic heterocycles. The van der Waals surface area contributed by atoms with Crippen molar-refractivity contribution >= 4 is 11.8 Å². The van der Waals surface area contributed by atoms with Crippen LogP contribution < -0.4 is 5.32 Å². The van der Waals surface area contributed by atoms with Crippen LogP contribution in [0, 0.1) is 5.92 Å². The summed E-state index contributed by atoms with van der Waals surface area (Å²) in [5, 5.41) is 2.89. The van der Waals surface area contributed by atoms with E-state index in [0.29, 0.717) is 5.92 Å². The summed E-state index contributed by atoms with van der Waals surface area (Å²) in [5.74, 6) is 0.426. The molecule has 0 bridgehead atoms. The van der Waals surface area contributed by atoms with Gasteiger partial charge in [0.25, 0.3) is 0 Å². The van der Waals surface area contributed by atoms with Gasteiger partial charge in [-0.2, -0.15) is 0 Å². The monoisotopic (exact) mass is 288 g/mol. The minimum atomic E-state index is -0.199. The number of carbonyl (C=O) groups excluding carboxylic acids is 2. The molecule has 114 valence electrons. The maximum Gasteiger partial charge on any atom is 0.232 e.